The minimum atomic E-state index is -0.309. The lowest BCUT2D eigenvalue weighted by atomic mass is 10.2. The maximum Gasteiger partial charge on any atom is 0.286 e. The van der Waals surface area contributed by atoms with Crippen LogP contribution in [0, 0.1) is 11.3 Å². The number of benzene rings is 1. The van der Waals surface area contributed by atoms with Gasteiger partial charge >= 0.3 is 0 Å². The van der Waals surface area contributed by atoms with Crippen LogP contribution in [0.15, 0.2) is 24.3 Å². The second kappa shape index (κ2) is 6.63. The standard InChI is InChI=1S/C13H13N5OS/c1-2-7-15-13-18-17-12(20-13)11(19)16-10-5-3-9(8-14)4-6-10/h3-6H,2,7H2,1H3,(H,15,18)(H,16,19). The molecule has 1 heterocycles. The molecule has 0 bridgehead atoms. The van der Waals surface area contributed by atoms with Crippen molar-refractivity contribution >= 4 is 28.1 Å². The smallest absolute Gasteiger partial charge is 0.286 e. The summed E-state index contributed by atoms with van der Waals surface area (Å²) in [6.45, 7) is 2.85. The highest BCUT2D eigenvalue weighted by Crippen LogP contribution is 2.17. The molecule has 0 saturated heterocycles. The SMILES string of the molecule is CCCNc1nnc(C(=O)Nc2ccc(C#N)cc2)s1. The summed E-state index contributed by atoms with van der Waals surface area (Å²) in [5.41, 5.74) is 1.16. The zero-order chi connectivity index (χ0) is 14.4. The van der Waals surface area contributed by atoms with E-state index in [2.05, 4.69) is 20.8 Å². The van der Waals surface area contributed by atoms with Crippen LogP contribution in [0.3, 0.4) is 0 Å². The number of nitriles is 1. The summed E-state index contributed by atoms with van der Waals surface area (Å²) < 4.78 is 0. The lowest BCUT2D eigenvalue weighted by molar-refractivity contribution is 0.102. The van der Waals surface area contributed by atoms with Crippen molar-refractivity contribution in [3.05, 3.63) is 34.8 Å². The van der Waals surface area contributed by atoms with Gasteiger partial charge < -0.3 is 10.6 Å². The maximum atomic E-state index is 12.0. The van der Waals surface area contributed by atoms with Gasteiger partial charge in [0, 0.05) is 12.2 Å². The van der Waals surface area contributed by atoms with E-state index < -0.39 is 0 Å². The zero-order valence-corrected chi connectivity index (χ0v) is 11.7. The van der Waals surface area contributed by atoms with Gasteiger partial charge in [-0.2, -0.15) is 5.26 Å². The number of rotatable bonds is 5. The molecule has 2 N–H and O–H groups in total. The number of hydrogen-bond donors (Lipinski definition) is 2. The molecule has 0 atom stereocenters. The van der Waals surface area contributed by atoms with Gasteiger partial charge in [-0.1, -0.05) is 18.3 Å². The molecule has 0 aliphatic carbocycles. The predicted molar refractivity (Wildman–Crippen MR) is 77.8 cm³/mol. The third-order valence-electron chi connectivity index (χ3n) is 2.42. The lowest BCUT2D eigenvalue weighted by Crippen LogP contribution is -2.11. The molecule has 2 rings (SSSR count). The Morgan fingerprint density at radius 1 is 1.35 bits per heavy atom. The first-order valence-electron chi connectivity index (χ1n) is 6.12. The van der Waals surface area contributed by atoms with E-state index in [1.54, 1.807) is 24.3 Å². The molecule has 0 fully saturated rings. The summed E-state index contributed by atoms with van der Waals surface area (Å²) >= 11 is 1.21. The number of nitrogens with one attached hydrogen (secondary N) is 2. The Morgan fingerprint density at radius 3 is 2.75 bits per heavy atom. The summed E-state index contributed by atoms with van der Waals surface area (Å²) in [4.78, 5) is 12.0. The predicted octanol–water partition coefficient (Wildman–Crippen LogP) is 2.48. The fourth-order valence-electron chi connectivity index (χ4n) is 1.43. The quantitative estimate of drug-likeness (QED) is 0.881. The van der Waals surface area contributed by atoms with Gasteiger partial charge in [-0.3, -0.25) is 4.79 Å². The molecule has 1 amide bonds. The van der Waals surface area contributed by atoms with Crippen LogP contribution in [0.1, 0.15) is 28.7 Å². The van der Waals surface area contributed by atoms with Crippen molar-refractivity contribution in [2.45, 2.75) is 13.3 Å². The molecule has 1 aromatic carbocycles. The molecular formula is C13H13N5OS. The van der Waals surface area contributed by atoms with Crippen molar-refractivity contribution in [2.24, 2.45) is 0 Å². The third kappa shape index (κ3) is 3.52. The third-order valence-corrected chi connectivity index (χ3v) is 3.30. The number of aromatic nitrogens is 2. The molecular weight excluding hydrogens is 274 g/mol. The number of hydrogen-bond acceptors (Lipinski definition) is 6. The molecule has 7 heteroatoms. The molecule has 1 aromatic heterocycles. The normalized spacial score (nSPS) is 9.80. The Labute approximate surface area is 120 Å². The molecule has 0 spiro atoms. The van der Waals surface area contributed by atoms with E-state index in [1.807, 2.05) is 13.0 Å². The van der Waals surface area contributed by atoms with Crippen LogP contribution in [-0.4, -0.2) is 22.6 Å². The van der Waals surface area contributed by atoms with Crippen LogP contribution < -0.4 is 10.6 Å². The van der Waals surface area contributed by atoms with Gasteiger partial charge in [0.1, 0.15) is 0 Å². The van der Waals surface area contributed by atoms with Crippen LogP contribution in [-0.2, 0) is 0 Å². The monoisotopic (exact) mass is 287 g/mol. The van der Waals surface area contributed by atoms with E-state index in [9.17, 15) is 4.79 Å². The summed E-state index contributed by atoms with van der Waals surface area (Å²) in [5, 5.41) is 23.2. The largest absolute Gasteiger partial charge is 0.360 e. The van der Waals surface area contributed by atoms with Gasteiger partial charge in [-0.05, 0) is 30.7 Å². The first-order valence-corrected chi connectivity index (χ1v) is 6.93. The van der Waals surface area contributed by atoms with E-state index >= 15 is 0 Å². The van der Waals surface area contributed by atoms with Crippen LogP contribution in [0.4, 0.5) is 10.8 Å². The van der Waals surface area contributed by atoms with Gasteiger partial charge in [0.2, 0.25) is 10.1 Å². The van der Waals surface area contributed by atoms with E-state index in [0.717, 1.165) is 13.0 Å². The highest BCUT2D eigenvalue weighted by atomic mass is 32.1. The van der Waals surface area contributed by atoms with Gasteiger partial charge in [-0.15, -0.1) is 10.2 Å². The minimum Gasteiger partial charge on any atom is -0.360 e. The second-order valence-corrected chi connectivity index (χ2v) is 4.96. The van der Waals surface area contributed by atoms with Crippen molar-refractivity contribution in [2.75, 3.05) is 17.2 Å². The average molecular weight is 287 g/mol. The van der Waals surface area contributed by atoms with Crippen molar-refractivity contribution in [1.29, 1.82) is 5.26 Å². The molecule has 0 unspecified atom stereocenters. The molecule has 0 aliphatic rings. The zero-order valence-electron chi connectivity index (χ0n) is 10.9. The van der Waals surface area contributed by atoms with Crippen molar-refractivity contribution in [1.82, 2.24) is 10.2 Å². The fourth-order valence-corrected chi connectivity index (χ4v) is 2.10. The van der Waals surface area contributed by atoms with Gasteiger partial charge in [0.05, 0.1) is 11.6 Å². The summed E-state index contributed by atoms with van der Waals surface area (Å²) in [6, 6.07) is 8.66. The highest BCUT2D eigenvalue weighted by Gasteiger charge is 2.12. The molecule has 0 radical (unpaired) electrons. The Hall–Kier alpha value is -2.46. The first kappa shape index (κ1) is 14.0. The number of carbonyl (C=O) groups excluding carboxylic acids is 1. The topological polar surface area (TPSA) is 90.7 Å². The fraction of sp³-hybridized carbons (Fsp3) is 0.231. The molecule has 102 valence electrons. The highest BCUT2D eigenvalue weighted by molar-refractivity contribution is 7.17. The molecule has 2 aromatic rings. The Kier molecular flexibility index (Phi) is 4.63. The summed E-state index contributed by atoms with van der Waals surface area (Å²) in [5.74, 6) is -0.309. The minimum absolute atomic E-state index is 0.299. The Morgan fingerprint density at radius 2 is 2.10 bits per heavy atom. The van der Waals surface area contributed by atoms with Crippen molar-refractivity contribution in [3.8, 4) is 6.07 Å². The van der Waals surface area contributed by atoms with Crippen molar-refractivity contribution < 1.29 is 4.79 Å². The molecule has 0 aliphatic heterocycles. The Bertz CT molecular complexity index is 629. The second-order valence-electron chi connectivity index (χ2n) is 3.98. The summed E-state index contributed by atoms with van der Waals surface area (Å²) in [7, 11) is 0. The maximum absolute atomic E-state index is 12.0. The van der Waals surface area contributed by atoms with E-state index in [1.165, 1.54) is 11.3 Å². The van der Waals surface area contributed by atoms with Crippen molar-refractivity contribution in [3.63, 3.8) is 0 Å². The van der Waals surface area contributed by atoms with Crippen LogP contribution in [0.25, 0.3) is 0 Å². The lowest BCUT2D eigenvalue weighted by Gasteiger charge is -2.01. The average Bonchev–Trinajstić information content (AvgIpc) is 2.95. The Balaban J connectivity index is 2.00. The number of nitrogens with zero attached hydrogens (tertiary/aromatic N) is 3. The van der Waals surface area contributed by atoms with Gasteiger partial charge in [0.15, 0.2) is 0 Å². The van der Waals surface area contributed by atoms with Gasteiger partial charge in [0.25, 0.3) is 5.91 Å². The van der Waals surface area contributed by atoms with E-state index in [-0.39, 0.29) is 5.91 Å². The molecule has 20 heavy (non-hydrogen) atoms. The van der Waals surface area contributed by atoms with E-state index in [4.69, 9.17) is 5.26 Å². The number of carbonyl (C=O) groups is 1. The molecule has 6 nitrogen and oxygen atoms in total. The van der Waals surface area contributed by atoms with E-state index in [0.29, 0.717) is 21.4 Å². The van der Waals surface area contributed by atoms with Crippen LogP contribution >= 0.6 is 11.3 Å². The summed E-state index contributed by atoms with van der Waals surface area (Å²) in [6.07, 6.45) is 0.979. The molecule has 0 saturated carbocycles. The van der Waals surface area contributed by atoms with Crippen LogP contribution in [0.5, 0.6) is 0 Å². The van der Waals surface area contributed by atoms with Gasteiger partial charge in [-0.25, -0.2) is 0 Å². The number of anilines is 2. The first-order chi connectivity index (χ1) is 9.72. The number of amides is 1. The van der Waals surface area contributed by atoms with Crippen LogP contribution in [0.2, 0.25) is 0 Å².